The Morgan fingerprint density at radius 3 is 2.35 bits per heavy atom. The fraction of sp³-hybridized carbons (Fsp3) is 0.316. The molecule has 0 saturated carbocycles. The van der Waals surface area contributed by atoms with Crippen LogP contribution in [0.5, 0.6) is 0 Å². The third-order valence-electron chi connectivity index (χ3n) is 3.95. The van der Waals surface area contributed by atoms with Gasteiger partial charge in [-0.15, -0.1) is 0 Å². The van der Waals surface area contributed by atoms with Crippen molar-refractivity contribution in [2.45, 2.75) is 26.2 Å². The quantitative estimate of drug-likeness (QED) is 0.764. The van der Waals surface area contributed by atoms with E-state index >= 15 is 0 Å². The molecular formula is C19H23FN2O3S. The van der Waals surface area contributed by atoms with Gasteiger partial charge >= 0.3 is 0 Å². The summed E-state index contributed by atoms with van der Waals surface area (Å²) in [5.41, 5.74) is 1.80. The van der Waals surface area contributed by atoms with Gasteiger partial charge in [0.15, 0.2) is 0 Å². The minimum absolute atomic E-state index is 0.0907. The number of rotatable bonds is 8. The molecular weight excluding hydrogens is 355 g/mol. The number of benzene rings is 2. The second kappa shape index (κ2) is 8.80. The lowest BCUT2D eigenvalue weighted by atomic mass is 10.1. The zero-order chi connectivity index (χ0) is 19.2. The molecule has 0 fully saturated rings. The standard InChI is InChI=1S/C19H23FN2O3S/c1-3-15-10-12-16(13-11-15)22(26(2,24)25)14-6-9-19(23)21-18-8-5-4-7-17(18)20/h4-5,7-8,10-13H,3,6,9,14H2,1-2H3,(H,21,23). The van der Waals surface area contributed by atoms with Crippen LogP contribution >= 0.6 is 0 Å². The lowest BCUT2D eigenvalue weighted by molar-refractivity contribution is -0.116. The van der Waals surface area contributed by atoms with Crippen molar-refractivity contribution in [3.05, 3.63) is 59.9 Å². The Kier molecular flexibility index (Phi) is 6.74. The highest BCUT2D eigenvalue weighted by atomic mass is 32.2. The predicted octanol–water partition coefficient (Wildman–Crippen LogP) is 3.57. The topological polar surface area (TPSA) is 66.5 Å². The number of hydrogen-bond donors (Lipinski definition) is 1. The Morgan fingerprint density at radius 2 is 1.77 bits per heavy atom. The Bertz CT molecular complexity index is 851. The van der Waals surface area contributed by atoms with Gasteiger partial charge in [-0.1, -0.05) is 31.2 Å². The average molecular weight is 378 g/mol. The first-order chi connectivity index (χ1) is 12.3. The summed E-state index contributed by atoms with van der Waals surface area (Å²) in [4.78, 5) is 12.0. The van der Waals surface area contributed by atoms with Gasteiger partial charge in [0.25, 0.3) is 0 Å². The molecule has 5 nitrogen and oxygen atoms in total. The maximum Gasteiger partial charge on any atom is 0.232 e. The highest BCUT2D eigenvalue weighted by Gasteiger charge is 2.17. The molecule has 0 aliphatic carbocycles. The van der Waals surface area contributed by atoms with Gasteiger partial charge in [-0.25, -0.2) is 12.8 Å². The molecule has 0 aromatic heterocycles. The van der Waals surface area contributed by atoms with Gasteiger partial charge in [-0.05, 0) is 42.7 Å². The summed E-state index contributed by atoms with van der Waals surface area (Å²) in [6.45, 7) is 2.20. The second-order valence-corrected chi connectivity index (χ2v) is 7.89. The first-order valence-corrected chi connectivity index (χ1v) is 10.3. The van der Waals surface area contributed by atoms with Crippen LogP contribution < -0.4 is 9.62 Å². The van der Waals surface area contributed by atoms with Gasteiger partial charge in [-0.2, -0.15) is 0 Å². The molecule has 2 rings (SSSR count). The van der Waals surface area contributed by atoms with Crippen molar-refractivity contribution in [3.63, 3.8) is 0 Å². The molecule has 0 saturated heterocycles. The summed E-state index contributed by atoms with van der Waals surface area (Å²) < 4.78 is 39.0. The fourth-order valence-corrected chi connectivity index (χ4v) is 3.51. The number of halogens is 1. The van der Waals surface area contributed by atoms with E-state index in [-0.39, 0.29) is 24.6 Å². The minimum Gasteiger partial charge on any atom is -0.324 e. The van der Waals surface area contributed by atoms with Crippen molar-refractivity contribution in [1.82, 2.24) is 0 Å². The van der Waals surface area contributed by atoms with E-state index in [1.54, 1.807) is 24.3 Å². The predicted molar refractivity (Wildman–Crippen MR) is 102 cm³/mol. The normalized spacial score (nSPS) is 11.2. The summed E-state index contributed by atoms with van der Waals surface area (Å²) >= 11 is 0. The van der Waals surface area contributed by atoms with Gasteiger partial charge in [0.05, 0.1) is 17.6 Å². The molecule has 1 amide bonds. The van der Waals surface area contributed by atoms with E-state index in [1.165, 1.54) is 16.4 Å². The monoisotopic (exact) mass is 378 g/mol. The lowest BCUT2D eigenvalue weighted by Crippen LogP contribution is -2.31. The van der Waals surface area contributed by atoms with Gasteiger partial charge in [0, 0.05) is 13.0 Å². The number of carbonyl (C=O) groups is 1. The van der Waals surface area contributed by atoms with Crippen molar-refractivity contribution < 1.29 is 17.6 Å². The van der Waals surface area contributed by atoms with Crippen LogP contribution in [-0.4, -0.2) is 27.1 Å². The number of para-hydroxylation sites is 1. The molecule has 7 heteroatoms. The molecule has 26 heavy (non-hydrogen) atoms. The lowest BCUT2D eigenvalue weighted by Gasteiger charge is -2.22. The van der Waals surface area contributed by atoms with Crippen molar-refractivity contribution >= 4 is 27.3 Å². The fourth-order valence-electron chi connectivity index (χ4n) is 2.54. The van der Waals surface area contributed by atoms with Crippen LogP contribution in [0.25, 0.3) is 0 Å². The van der Waals surface area contributed by atoms with Crippen LogP contribution in [0.1, 0.15) is 25.3 Å². The number of hydrogen-bond acceptors (Lipinski definition) is 3. The van der Waals surface area contributed by atoms with Crippen molar-refractivity contribution in [3.8, 4) is 0 Å². The maximum atomic E-state index is 13.5. The van der Waals surface area contributed by atoms with Gasteiger partial charge < -0.3 is 5.32 Å². The molecule has 0 aliphatic heterocycles. The van der Waals surface area contributed by atoms with E-state index < -0.39 is 15.8 Å². The highest BCUT2D eigenvalue weighted by molar-refractivity contribution is 7.92. The summed E-state index contributed by atoms with van der Waals surface area (Å²) in [6.07, 6.45) is 2.42. The van der Waals surface area contributed by atoms with E-state index in [2.05, 4.69) is 5.32 Å². The average Bonchev–Trinajstić information content (AvgIpc) is 2.60. The summed E-state index contributed by atoms with van der Waals surface area (Å²) in [5, 5.41) is 2.50. The van der Waals surface area contributed by atoms with Crippen LogP contribution in [0, 0.1) is 5.82 Å². The molecule has 140 valence electrons. The molecule has 0 aliphatic rings. The molecule has 0 unspecified atom stereocenters. The molecule has 0 heterocycles. The number of amides is 1. The summed E-state index contributed by atoms with van der Waals surface area (Å²) in [7, 11) is -3.46. The Labute approximate surface area is 153 Å². The molecule has 1 N–H and O–H groups in total. The number of aryl methyl sites for hydroxylation is 1. The molecule has 2 aromatic rings. The molecule has 0 bridgehead atoms. The Morgan fingerprint density at radius 1 is 1.12 bits per heavy atom. The third-order valence-corrected chi connectivity index (χ3v) is 5.14. The van der Waals surface area contributed by atoms with E-state index in [1.807, 2.05) is 19.1 Å². The summed E-state index contributed by atoms with van der Waals surface area (Å²) in [5.74, 6) is -0.862. The zero-order valence-electron chi connectivity index (χ0n) is 14.9. The number of anilines is 2. The van der Waals surface area contributed by atoms with Crippen molar-refractivity contribution in [2.24, 2.45) is 0 Å². The zero-order valence-corrected chi connectivity index (χ0v) is 15.7. The van der Waals surface area contributed by atoms with Crippen molar-refractivity contribution in [2.75, 3.05) is 22.4 Å². The molecule has 0 radical (unpaired) electrons. The van der Waals surface area contributed by atoms with Crippen molar-refractivity contribution in [1.29, 1.82) is 0 Å². The summed E-state index contributed by atoms with van der Waals surface area (Å²) in [6, 6.07) is 13.2. The van der Waals surface area contributed by atoms with Crippen LogP contribution in [0.2, 0.25) is 0 Å². The van der Waals surface area contributed by atoms with E-state index in [9.17, 15) is 17.6 Å². The van der Waals surface area contributed by atoms with Crippen LogP contribution in [0.3, 0.4) is 0 Å². The molecule has 2 aromatic carbocycles. The molecule has 0 atom stereocenters. The number of sulfonamides is 1. The molecule has 0 spiro atoms. The minimum atomic E-state index is -3.46. The number of nitrogens with one attached hydrogen (secondary N) is 1. The van der Waals surface area contributed by atoms with Gasteiger partial charge in [0.2, 0.25) is 15.9 Å². The van der Waals surface area contributed by atoms with Gasteiger partial charge in [0.1, 0.15) is 5.82 Å². The Balaban J connectivity index is 1.97. The van der Waals surface area contributed by atoms with E-state index in [0.29, 0.717) is 12.1 Å². The maximum absolute atomic E-state index is 13.5. The number of nitrogens with zero attached hydrogens (tertiary/aromatic N) is 1. The van der Waals surface area contributed by atoms with E-state index in [4.69, 9.17) is 0 Å². The Hall–Kier alpha value is -2.41. The van der Waals surface area contributed by atoms with Crippen LogP contribution in [-0.2, 0) is 21.2 Å². The second-order valence-electron chi connectivity index (χ2n) is 5.99. The largest absolute Gasteiger partial charge is 0.324 e. The number of carbonyl (C=O) groups excluding carboxylic acids is 1. The van der Waals surface area contributed by atoms with Gasteiger partial charge in [-0.3, -0.25) is 9.10 Å². The smallest absolute Gasteiger partial charge is 0.232 e. The third kappa shape index (κ3) is 5.56. The van der Waals surface area contributed by atoms with Crippen LogP contribution in [0.15, 0.2) is 48.5 Å². The van der Waals surface area contributed by atoms with E-state index in [0.717, 1.165) is 18.2 Å². The SMILES string of the molecule is CCc1ccc(N(CCCC(=O)Nc2ccccc2F)S(C)(=O)=O)cc1. The first-order valence-electron chi connectivity index (χ1n) is 8.42. The van der Waals surface area contributed by atoms with Crippen LogP contribution in [0.4, 0.5) is 15.8 Å². The highest BCUT2D eigenvalue weighted by Crippen LogP contribution is 2.20. The first kappa shape index (κ1) is 19.9.